The quantitative estimate of drug-likeness (QED) is 0.848. The van der Waals surface area contributed by atoms with E-state index in [0.717, 1.165) is 6.07 Å². The molecule has 102 valence electrons. The first kappa shape index (κ1) is 13.5. The topological polar surface area (TPSA) is 51.0 Å². The summed E-state index contributed by atoms with van der Waals surface area (Å²) in [6, 6.07) is 5.51. The van der Waals surface area contributed by atoms with Crippen LogP contribution in [0.15, 0.2) is 35.1 Å². The van der Waals surface area contributed by atoms with E-state index in [0.29, 0.717) is 18.9 Å². The number of nitrogens with one attached hydrogen (secondary N) is 1. The van der Waals surface area contributed by atoms with Crippen molar-refractivity contribution in [3.05, 3.63) is 47.6 Å². The van der Waals surface area contributed by atoms with Gasteiger partial charge in [-0.1, -0.05) is 23.4 Å². The van der Waals surface area contributed by atoms with Crippen LogP contribution in [-0.4, -0.2) is 16.7 Å². The largest absolute Gasteiger partial charge is 0.416 e. The number of nitrogens with zero attached hydrogens (tertiary/aromatic N) is 2. The Morgan fingerprint density at radius 2 is 2.00 bits per heavy atom. The molecular weight excluding hydrogens is 259 g/mol. The number of alkyl halides is 3. The molecule has 0 aliphatic heterocycles. The maximum atomic E-state index is 12.7. The van der Waals surface area contributed by atoms with Gasteiger partial charge in [0, 0.05) is 19.5 Å². The first-order valence-electron chi connectivity index (χ1n) is 5.69. The smallest absolute Gasteiger partial charge is 0.340 e. The van der Waals surface area contributed by atoms with Crippen molar-refractivity contribution in [1.29, 1.82) is 0 Å². The molecule has 0 atom stereocenters. The van der Waals surface area contributed by atoms with Crippen molar-refractivity contribution in [2.45, 2.75) is 19.1 Å². The Labute approximate surface area is 107 Å². The minimum atomic E-state index is -4.33. The molecule has 2 aromatic rings. The summed E-state index contributed by atoms with van der Waals surface area (Å²) in [5.74, 6) is 0.455. The number of hydrogen-bond acceptors (Lipinski definition) is 4. The number of rotatable bonds is 5. The summed E-state index contributed by atoms with van der Waals surface area (Å²) < 4.78 is 42.9. The monoisotopic (exact) mass is 271 g/mol. The third kappa shape index (κ3) is 3.78. The third-order valence-electron chi connectivity index (χ3n) is 2.56. The summed E-state index contributed by atoms with van der Waals surface area (Å²) in [7, 11) is 0. The SMILES string of the molecule is FC(F)(F)c1ccccc1CNCCc1ncno1. The Morgan fingerprint density at radius 3 is 2.68 bits per heavy atom. The van der Waals surface area contributed by atoms with Gasteiger partial charge in [0.15, 0.2) is 6.33 Å². The van der Waals surface area contributed by atoms with Crippen LogP contribution in [0.3, 0.4) is 0 Å². The van der Waals surface area contributed by atoms with Crippen molar-refractivity contribution in [1.82, 2.24) is 15.5 Å². The summed E-state index contributed by atoms with van der Waals surface area (Å²) in [6.45, 7) is 0.609. The van der Waals surface area contributed by atoms with Crippen LogP contribution in [0.1, 0.15) is 17.0 Å². The van der Waals surface area contributed by atoms with E-state index in [1.54, 1.807) is 6.07 Å². The normalized spacial score (nSPS) is 11.7. The van der Waals surface area contributed by atoms with Crippen molar-refractivity contribution < 1.29 is 17.7 Å². The predicted molar refractivity (Wildman–Crippen MR) is 61.2 cm³/mol. The molecule has 0 bridgehead atoms. The highest BCUT2D eigenvalue weighted by molar-refractivity contribution is 5.29. The van der Waals surface area contributed by atoms with Crippen LogP contribution in [0.25, 0.3) is 0 Å². The van der Waals surface area contributed by atoms with E-state index in [9.17, 15) is 13.2 Å². The number of hydrogen-bond donors (Lipinski definition) is 1. The second-order valence-electron chi connectivity index (χ2n) is 3.92. The predicted octanol–water partition coefficient (Wildman–Crippen LogP) is 2.42. The minimum Gasteiger partial charge on any atom is -0.340 e. The average molecular weight is 271 g/mol. The van der Waals surface area contributed by atoms with Gasteiger partial charge in [-0.05, 0) is 11.6 Å². The standard InChI is InChI=1S/C12H12F3N3O/c13-12(14,15)10-4-2-1-3-9(10)7-16-6-5-11-17-8-18-19-11/h1-4,8,16H,5-7H2. The third-order valence-corrected chi connectivity index (χ3v) is 2.56. The van der Waals surface area contributed by atoms with Crippen molar-refractivity contribution in [3.8, 4) is 0 Å². The van der Waals surface area contributed by atoms with E-state index in [1.165, 1.54) is 18.5 Å². The molecule has 0 saturated heterocycles. The van der Waals surface area contributed by atoms with E-state index in [-0.39, 0.29) is 12.1 Å². The molecule has 2 rings (SSSR count). The summed E-state index contributed by atoms with van der Waals surface area (Å²) >= 11 is 0. The molecule has 1 aromatic heterocycles. The molecular formula is C12H12F3N3O. The first-order chi connectivity index (χ1) is 9.07. The van der Waals surface area contributed by atoms with Gasteiger partial charge in [0.1, 0.15) is 0 Å². The number of aromatic nitrogens is 2. The van der Waals surface area contributed by atoms with Gasteiger partial charge in [0.2, 0.25) is 5.89 Å². The molecule has 4 nitrogen and oxygen atoms in total. The zero-order valence-corrected chi connectivity index (χ0v) is 9.94. The Kier molecular flexibility index (Phi) is 4.16. The highest BCUT2D eigenvalue weighted by atomic mass is 19.4. The summed E-state index contributed by atoms with van der Waals surface area (Å²) in [4.78, 5) is 3.82. The Balaban J connectivity index is 1.89. The van der Waals surface area contributed by atoms with Gasteiger partial charge in [-0.15, -0.1) is 0 Å². The molecule has 0 aliphatic rings. The maximum absolute atomic E-state index is 12.7. The molecule has 0 aliphatic carbocycles. The van der Waals surface area contributed by atoms with E-state index in [1.807, 2.05) is 0 Å². The summed E-state index contributed by atoms with van der Waals surface area (Å²) in [5.41, 5.74) is -0.388. The van der Waals surface area contributed by atoms with Crippen molar-refractivity contribution >= 4 is 0 Å². The second kappa shape index (κ2) is 5.83. The molecule has 0 unspecified atom stereocenters. The van der Waals surface area contributed by atoms with Crippen molar-refractivity contribution in [2.24, 2.45) is 0 Å². The van der Waals surface area contributed by atoms with Crippen molar-refractivity contribution in [2.75, 3.05) is 6.54 Å². The van der Waals surface area contributed by atoms with Crippen LogP contribution in [0, 0.1) is 0 Å². The lowest BCUT2D eigenvalue weighted by Crippen LogP contribution is -2.19. The Morgan fingerprint density at radius 1 is 1.21 bits per heavy atom. The lowest BCUT2D eigenvalue weighted by molar-refractivity contribution is -0.138. The lowest BCUT2D eigenvalue weighted by Gasteiger charge is -2.12. The van der Waals surface area contributed by atoms with E-state index >= 15 is 0 Å². The molecule has 7 heteroatoms. The molecule has 0 spiro atoms. The van der Waals surface area contributed by atoms with E-state index in [2.05, 4.69) is 15.5 Å². The van der Waals surface area contributed by atoms with Crippen LogP contribution < -0.4 is 5.32 Å². The van der Waals surface area contributed by atoms with Gasteiger partial charge in [0.05, 0.1) is 5.56 Å². The molecule has 1 heterocycles. The lowest BCUT2D eigenvalue weighted by atomic mass is 10.1. The molecule has 0 amide bonds. The average Bonchev–Trinajstić information content (AvgIpc) is 2.87. The summed E-state index contributed by atoms with van der Waals surface area (Å²) in [5, 5.41) is 6.37. The van der Waals surface area contributed by atoms with Crippen LogP contribution in [0.4, 0.5) is 13.2 Å². The van der Waals surface area contributed by atoms with Crippen LogP contribution >= 0.6 is 0 Å². The zero-order valence-electron chi connectivity index (χ0n) is 9.94. The molecule has 1 N–H and O–H groups in total. The van der Waals surface area contributed by atoms with Gasteiger partial charge in [-0.2, -0.15) is 18.2 Å². The van der Waals surface area contributed by atoms with Gasteiger partial charge >= 0.3 is 6.18 Å². The Hall–Kier alpha value is -1.89. The molecule has 0 fully saturated rings. The Bertz CT molecular complexity index is 511. The fraction of sp³-hybridized carbons (Fsp3) is 0.333. The van der Waals surface area contributed by atoms with Gasteiger partial charge < -0.3 is 9.84 Å². The molecule has 19 heavy (non-hydrogen) atoms. The van der Waals surface area contributed by atoms with Gasteiger partial charge in [-0.3, -0.25) is 0 Å². The van der Waals surface area contributed by atoms with Crippen LogP contribution in [0.2, 0.25) is 0 Å². The highest BCUT2D eigenvalue weighted by Crippen LogP contribution is 2.31. The minimum absolute atomic E-state index is 0.143. The molecule has 0 saturated carbocycles. The fourth-order valence-corrected chi connectivity index (χ4v) is 1.68. The van der Waals surface area contributed by atoms with Gasteiger partial charge in [-0.25, -0.2) is 0 Å². The number of halogens is 3. The van der Waals surface area contributed by atoms with Crippen molar-refractivity contribution in [3.63, 3.8) is 0 Å². The van der Waals surface area contributed by atoms with E-state index < -0.39 is 11.7 Å². The van der Waals surface area contributed by atoms with Crippen LogP contribution in [0.5, 0.6) is 0 Å². The van der Waals surface area contributed by atoms with E-state index in [4.69, 9.17) is 4.52 Å². The summed E-state index contributed by atoms with van der Waals surface area (Å²) in [6.07, 6.45) is -2.56. The fourth-order valence-electron chi connectivity index (χ4n) is 1.68. The van der Waals surface area contributed by atoms with Crippen LogP contribution in [-0.2, 0) is 19.1 Å². The zero-order chi connectivity index (χ0) is 13.7. The number of benzene rings is 1. The first-order valence-corrected chi connectivity index (χ1v) is 5.69. The van der Waals surface area contributed by atoms with Gasteiger partial charge in [0.25, 0.3) is 0 Å². The maximum Gasteiger partial charge on any atom is 0.416 e. The molecule has 1 aromatic carbocycles. The molecule has 0 radical (unpaired) electrons. The highest BCUT2D eigenvalue weighted by Gasteiger charge is 2.32. The second-order valence-corrected chi connectivity index (χ2v) is 3.92.